The first-order chi connectivity index (χ1) is 12.7. The lowest BCUT2D eigenvalue weighted by Crippen LogP contribution is -2.41. The van der Waals surface area contributed by atoms with E-state index in [-0.39, 0.29) is 23.6 Å². The molecule has 1 saturated heterocycles. The number of fused-ring (bicyclic) bond motifs is 1. The second-order valence-corrected chi connectivity index (χ2v) is 7.59. The third-order valence-corrected chi connectivity index (χ3v) is 4.36. The van der Waals surface area contributed by atoms with E-state index in [9.17, 15) is 19.2 Å². The van der Waals surface area contributed by atoms with Gasteiger partial charge in [-0.2, -0.15) is 0 Å². The minimum atomic E-state index is -0.745. The van der Waals surface area contributed by atoms with Crippen LogP contribution in [0.1, 0.15) is 60.7 Å². The Labute approximate surface area is 157 Å². The summed E-state index contributed by atoms with van der Waals surface area (Å²) in [5.41, 5.74) is -0.233. The molecule has 1 atom stereocenters. The molecule has 0 aromatic heterocycles. The highest BCUT2D eigenvalue weighted by molar-refractivity contribution is 6.20. The highest BCUT2D eigenvalue weighted by Crippen LogP contribution is 2.26. The zero-order valence-corrected chi connectivity index (χ0v) is 15.6. The first kappa shape index (κ1) is 18.9. The van der Waals surface area contributed by atoms with E-state index in [1.54, 1.807) is 32.9 Å². The van der Waals surface area contributed by atoms with Crippen LogP contribution < -0.4 is 0 Å². The number of hydrogen-bond acceptors (Lipinski definition) is 6. The number of hydrogen-bond donors (Lipinski definition) is 0. The third kappa shape index (κ3) is 3.94. The van der Waals surface area contributed by atoms with Crippen molar-refractivity contribution >= 4 is 23.9 Å². The molecule has 0 radical (unpaired) electrons. The van der Waals surface area contributed by atoms with Crippen molar-refractivity contribution in [2.75, 3.05) is 6.54 Å². The normalized spacial score (nSPS) is 19.3. The molecule has 3 rings (SSSR count). The van der Waals surface area contributed by atoms with Gasteiger partial charge in [-0.25, -0.2) is 9.59 Å². The summed E-state index contributed by atoms with van der Waals surface area (Å²) in [6.45, 7) is 5.80. The molecule has 2 heterocycles. The van der Waals surface area contributed by atoms with Gasteiger partial charge in [0.05, 0.1) is 17.5 Å². The molecule has 2 aliphatic heterocycles. The first-order valence-corrected chi connectivity index (χ1v) is 8.85. The van der Waals surface area contributed by atoms with E-state index in [1.807, 2.05) is 0 Å². The van der Waals surface area contributed by atoms with E-state index in [4.69, 9.17) is 9.57 Å². The number of rotatable bonds is 3. The molecule has 0 spiro atoms. The number of carbonyl (C=O) groups excluding carboxylic acids is 4. The lowest BCUT2D eigenvalue weighted by molar-refractivity contribution is -0.169. The number of nitrogens with zero attached hydrogens (tertiary/aromatic N) is 2. The maximum atomic E-state index is 12.3. The van der Waals surface area contributed by atoms with E-state index < -0.39 is 29.5 Å². The van der Waals surface area contributed by atoms with Gasteiger partial charge >= 0.3 is 12.1 Å². The van der Waals surface area contributed by atoms with Crippen LogP contribution in [-0.4, -0.2) is 52.0 Å². The summed E-state index contributed by atoms with van der Waals surface area (Å²) in [5.74, 6) is -2.08. The second-order valence-electron chi connectivity index (χ2n) is 7.59. The van der Waals surface area contributed by atoms with E-state index in [2.05, 4.69) is 0 Å². The number of benzene rings is 1. The van der Waals surface area contributed by atoms with Crippen molar-refractivity contribution in [3.63, 3.8) is 0 Å². The summed E-state index contributed by atoms with van der Waals surface area (Å²) in [5, 5.41) is 0.486. The van der Waals surface area contributed by atoms with Crippen LogP contribution in [0.5, 0.6) is 0 Å². The Morgan fingerprint density at radius 1 is 1.11 bits per heavy atom. The third-order valence-electron chi connectivity index (χ3n) is 4.36. The van der Waals surface area contributed by atoms with E-state index >= 15 is 0 Å². The number of ether oxygens (including phenoxy) is 1. The molecule has 1 fully saturated rings. The molecule has 1 unspecified atom stereocenters. The maximum absolute atomic E-state index is 12.3. The Hall–Kier alpha value is -2.90. The molecular formula is C19H22N2O6. The molecule has 27 heavy (non-hydrogen) atoms. The fourth-order valence-electron chi connectivity index (χ4n) is 3.19. The van der Waals surface area contributed by atoms with E-state index in [0.29, 0.717) is 18.0 Å². The van der Waals surface area contributed by atoms with Gasteiger partial charge in [-0.3, -0.25) is 9.59 Å². The van der Waals surface area contributed by atoms with Crippen molar-refractivity contribution in [2.45, 2.75) is 51.7 Å². The minimum absolute atomic E-state index is 0.118. The van der Waals surface area contributed by atoms with Gasteiger partial charge in [-0.15, -0.1) is 0 Å². The van der Waals surface area contributed by atoms with E-state index in [0.717, 1.165) is 6.42 Å². The highest BCUT2D eigenvalue weighted by atomic mass is 16.7. The van der Waals surface area contributed by atoms with Crippen molar-refractivity contribution in [3.05, 3.63) is 35.4 Å². The van der Waals surface area contributed by atoms with Gasteiger partial charge in [0.15, 0.2) is 0 Å². The molecule has 8 heteroatoms. The molecule has 0 saturated carbocycles. The lowest BCUT2D eigenvalue weighted by atomic mass is 10.1. The van der Waals surface area contributed by atoms with Crippen molar-refractivity contribution < 1.29 is 28.8 Å². The monoisotopic (exact) mass is 374 g/mol. The molecule has 0 N–H and O–H groups in total. The van der Waals surface area contributed by atoms with Crippen molar-refractivity contribution in [1.29, 1.82) is 0 Å². The van der Waals surface area contributed by atoms with Gasteiger partial charge in [0.2, 0.25) is 0 Å². The van der Waals surface area contributed by atoms with Gasteiger partial charge in [-0.1, -0.05) is 17.2 Å². The van der Waals surface area contributed by atoms with Gasteiger partial charge in [0.25, 0.3) is 11.8 Å². The zero-order valence-electron chi connectivity index (χ0n) is 15.6. The highest BCUT2D eigenvalue weighted by Gasteiger charge is 2.40. The van der Waals surface area contributed by atoms with Gasteiger partial charge < -0.3 is 14.5 Å². The number of amides is 3. The fraction of sp³-hybridized carbons (Fsp3) is 0.474. The Bertz CT molecular complexity index is 763. The Kier molecular flexibility index (Phi) is 4.91. The number of likely N-dealkylation sites (tertiary alicyclic amines) is 1. The van der Waals surface area contributed by atoms with Crippen molar-refractivity contribution in [3.8, 4) is 0 Å². The maximum Gasteiger partial charge on any atom is 0.410 e. The molecule has 8 nitrogen and oxygen atoms in total. The molecular weight excluding hydrogens is 352 g/mol. The van der Waals surface area contributed by atoms with Gasteiger partial charge in [0, 0.05) is 12.6 Å². The number of hydroxylamine groups is 2. The largest absolute Gasteiger partial charge is 0.444 e. The molecule has 0 bridgehead atoms. The molecule has 1 aromatic carbocycles. The summed E-state index contributed by atoms with van der Waals surface area (Å²) in [4.78, 5) is 55.6. The molecule has 2 aliphatic rings. The van der Waals surface area contributed by atoms with Crippen LogP contribution in [0.3, 0.4) is 0 Å². The molecule has 144 valence electrons. The Morgan fingerprint density at radius 3 is 2.26 bits per heavy atom. The quantitative estimate of drug-likeness (QED) is 0.755. The zero-order chi connectivity index (χ0) is 19.8. The minimum Gasteiger partial charge on any atom is -0.444 e. The first-order valence-electron chi connectivity index (χ1n) is 8.85. The van der Waals surface area contributed by atoms with Crippen LogP contribution in [0.4, 0.5) is 4.79 Å². The van der Waals surface area contributed by atoms with Crippen LogP contribution in [-0.2, 0) is 14.4 Å². The summed E-state index contributed by atoms with van der Waals surface area (Å²) in [7, 11) is 0. The van der Waals surface area contributed by atoms with E-state index in [1.165, 1.54) is 17.0 Å². The average molecular weight is 374 g/mol. The Morgan fingerprint density at radius 2 is 1.70 bits per heavy atom. The van der Waals surface area contributed by atoms with Crippen LogP contribution >= 0.6 is 0 Å². The number of carbonyl (C=O) groups is 4. The van der Waals surface area contributed by atoms with Crippen molar-refractivity contribution in [1.82, 2.24) is 9.96 Å². The number of imide groups is 1. The Balaban J connectivity index is 1.62. The topological polar surface area (TPSA) is 93.2 Å². The SMILES string of the molecule is CC(C)(C)OC(=O)N1CCCC1CC(=O)ON1C(=O)c2ccccc2C1=O. The predicted octanol–water partition coefficient (Wildman–Crippen LogP) is 2.53. The molecule has 3 amide bonds. The average Bonchev–Trinajstić information content (AvgIpc) is 3.13. The van der Waals surface area contributed by atoms with Crippen LogP contribution in [0.15, 0.2) is 24.3 Å². The summed E-state index contributed by atoms with van der Waals surface area (Å²) >= 11 is 0. The van der Waals surface area contributed by atoms with Crippen LogP contribution in [0.2, 0.25) is 0 Å². The smallest absolute Gasteiger partial charge is 0.410 e. The lowest BCUT2D eigenvalue weighted by Gasteiger charge is -2.28. The summed E-state index contributed by atoms with van der Waals surface area (Å²) in [6, 6.07) is 5.89. The predicted molar refractivity (Wildman–Crippen MR) is 93.6 cm³/mol. The standard InChI is InChI=1S/C19H22N2O6/c1-19(2,3)26-18(25)20-10-6-7-12(20)11-15(22)27-21-16(23)13-8-4-5-9-14(13)17(21)24/h4-5,8-9,12H,6-7,10-11H2,1-3H3. The van der Waals surface area contributed by atoms with Crippen LogP contribution in [0.25, 0.3) is 0 Å². The van der Waals surface area contributed by atoms with Crippen LogP contribution in [0, 0.1) is 0 Å². The van der Waals surface area contributed by atoms with Crippen molar-refractivity contribution in [2.24, 2.45) is 0 Å². The van der Waals surface area contributed by atoms with Gasteiger partial charge in [0.1, 0.15) is 5.60 Å². The summed E-state index contributed by atoms with van der Waals surface area (Å²) in [6.07, 6.45) is 0.756. The summed E-state index contributed by atoms with van der Waals surface area (Å²) < 4.78 is 5.36. The fourth-order valence-corrected chi connectivity index (χ4v) is 3.19. The van der Waals surface area contributed by atoms with Gasteiger partial charge in [-0.05, 0) is 45.7 Å². The molecule has 0 aliphatic carbocycles. The molecule has 1 aromatic rings. The second kappa shape index (κ2) is 7.02.